The SMILES string of the molecule is c1cc2ccc3c4cocc4c4cocc4c3c2o1. The second kappa shape index (κ2) is 3.01. The van der Waals surface area contributed by atoms with Crippen LogP contribution < -0.4 is 0 Å². The largest absolute Gasteiger partial charge is 0.471 e. The zero-order valence-corrected chi connectivity index (χ0v) is 9.84. The molecular weight excluding hydrogens is 240 g/mol. The predicted octanol–water partition coefficient (Wildman–Crippen LogP) is 5.08. The Hall–Kier alpha value is -2.68. The minimum Gasteiger partial charge on any atom is -0.471 e. The fourth-order valence-electron chi connectivity index (χ4n) is 2.94. The van der Waals surface area contributed by atoms with Crippen LogP contribution in [0.3, 0.4) is 0 Å². The summed E-state index contributed by atoms with van der Waals surface area (Å²) in [5.74, 6) is 0. The molecule has 3 aromatic heterocycles. The minimum atomic E-state index is 0.895. The van der Waals surface area contributed by atoms with Gasteiger partial charge in [-0.05, 0) is 11.5 Å². The van der Waals surface area contributed by atoms with E-state index in [2.05, 4.69) is 12.1 Å². The Kier molecular flexibility index (Phi) is 1.47. The standard InChI is InChI=1S/C16H8O3/c1-2-10-11-5-17-6-12(11)13-7-18-8-14(13)15(10)16-9(1)3-4-19-16/h1-8H. The number of hydrogen-bond acceptors (Lipinski definition) is 3. The molecule has 90 valence electrons. The molecule has 3 nitrogen and oxygen atoms in total. The Morgan fingerprint density at radius 3 is 2.16 bits per heavy atom. The molecule has 0 unspecified atom stereocenters. The third kappa shape index (κ3) is 0.993. The summed E-state index contributed by atoms with van der Waals surface area (Å²) >= 11 is 0. The summed E-state index contributed by atoms with van der Waals surface area (Å²) in [6.07, 6.45) is 8.79. The van der Waals surface area contributed by atoms with Gasteiger partial charge in [0.1, 0.15) is 5.58 Å². The summed E-state index contributed by atoms with van der Waals surface area (Å²) in [5.41, 5.74) is 0.895. The molecule has 2 aromatic carbocycles. The maximum Gasteiger partial charge on any atom is 0.142 e. The van der Waals surface area contributed by atoms with Crippen LogP contribution in [0.5, 0.6) is 0 Å². The Morgan fingerprint density at radius 2 is 1.32 bits per heavy atom. The topological polar surface area (TPSA) is 39.4 Å². The van der Waals surface area contributed by atoms with Gasteiger partial charge in [-0.15, -0.1) is 0 Å². The van der Waals surface area contributed by atoms with Crippen molar-refractivity contribution in [3.8, 4) is 0 Å². The number of furan rings is 3. The Bertz CT molecular complexity index is 1060. The first-order valence-electron chi connectivity index (χ1n) is 6.07. The lowest BCUT2D eigenvalue weighted by molar-refractivity contribution is 0.570. The van der Waals surface area contributed by atoms with Crippen molar-refractivity contribution in [3.05, 3.63) is 49.5 Å². The maximum absolute atomic E-state index is 5.66. The van der Waals surface area contributed by atoms with Gasteiger partial charge >= 0.3 is 0 Å². The van der Waals surface area contributed by atoms with E-state index in [1.165, 1.54) is 0 Å². The van der Waals surface area contributed by atoms with Crippen molar-refractivity contribution in [2.24, 2.45) is 0 Å². The first-order valence-corrected chi connectivity index (χ1v) is 6.07. The van der Waals surface area contributed by atoms with E-state index >= 15 is 0 Å². The van der Waals surface area contributed by atoms with E-state index in [4.69, 9.17) is 13.3 Å². The van der Waals surface area contributed by atoms with Gasteiger partial charge < -0.3 is 13.3 Å². The van der Waals surface area contributed by atoms with E-state index in [-0.39, 0.29) is 0 Å². The van der Waals surface area contributed by atoms with Crippen LogP contribution in [0.4, 0.5) is 0 Å². The molecule has 0 aliphatic heterocycles. The van der Waals surface area contributed by atoms with E-state index in [0.29, 0.717) is 0 Å². The zero-order valence-electron chi connectivity index (χ0n) is 9.84. The van der Waals surface area contributed by atoms with Crippen LogP contribution in [-0.2, 0) is 0 Å². The van der Waals surface area contributed by atoms with E-state index < -0.39 is 0 Å². The second-order valence-corrected chi connectivity index (χ2v) is 4.73. The molecule has 0 fully saturated rings. The van der Waals surface area contributed by atoms with Gasteiger partial charge in [0.2, 0.25) is 0 Å². The molecule has 0 radical (unpaired) electrons. The molecule has 0 bridgehead atoms. The van der Waals surface area contributed by atoms with Gasteiger partial charge in [-0.2, -0.15) is 0 Å². The third-order valence-corrected chi connectivity index (χ3v) is 3.80. The predicted molar refractivity (Wildman–Crippen MR) is 73.3 cm³/mol. The number of hydrogen-bond donors (Lipinski definition) is 0. The average molecular weight is 248 g/mol. The average Bonchev–Trinajstić information content (AvgIpc) is 3.17. The zero-order chi connectivity index (χ0) is 12.4. The van der Waals surface area contributed by atoms with Crippen LogP contribution in [0.1, 0.15) is 0 Å². The highest BCUT2D eigenvalue weighted by atomic mass is 16.3. The Morgan fingerprint density at radius 1 is 0.632 bits per heavy atom. The van der Waals surface area contributed by atoms with Crippen molar-refractivity contribution in [2.75, 3.05) is 0 Å². The van der Waals surface area contributed by atoms with Crippen molar-refractivity contribution in [1.82, 2.24) is 0 Å². The third-order valence-electron chi connectivity index (χ3n) is 3.80. The van der Waals surface area contributed by atoms with Crippen LogP contribution in [0.15, 0.2) is 62.8 Å². The monoisotopic (exact) mass is 248 g/mol. The molecule has 3 heterocycles. The second-order valence-electron chi connectivity index (χ2n) is 4.73. The molecule has 0 amide bonds. The minimum absolute atomic E-state index is 0.895. The van der Waals surface area contributed by atoms with Crippen molar-refractivity contribution >= 4 is 43.3 Å². The van der Waals surface area contributed by atoms with Gasteiger partial charge in [-0.3, -0.25) is 0 Å². The summed E-state index contributed by atoms with van der Waals surface area (Å²) in [5, 5.41) is 7.58. The van der Waals surface area contributed by atoms with Crippen molar-refractivity contribution in [1.29, 1.82) is 0 Å². The number of rotatable bonds is 0. The highest BCUT2D eigenvalue weighted by Gasteiger charge is 2.15. The van der Waals surface area contributed by atoms with Gasteiger partial charge in [0.25, 0.3) is 0 Å². The van der Waals surface area contributed by atoms with E-state index in [0.717, 1.165) is 43.3 Å². The molecule has 19 heavy (non-hydrogen) atoms. The first-order chi connectivity index (χ1) is 9.43. The molecule has 5 aromatic rings. The van der Waals surface area contributed by atoms with Gasteiger partial charge in [0.05, 0.1) is 31.3 Å². The molecule has 0 spiro atoms. The van der Waals surface area contributed by atoms with Crippen LogP contribution in [0.2, 0.25) is 0 Å². The van der Waals surface area contributed by atoms with Crippen LogP contribution >= 0.6 is 0 Å². The molecule has 0 N–H and O–H groups in total. The lowest BCUT2D eigenvalue weighted by Crippen LogP contribution is -1.77. The molecule has 0 aliphatic carbocycles. The molecule has 5 rings (SSSR count). The molecule has 0 aliphatic rings. The maximum atomic E-state index is 5.66. The van der Waals surface area contributed by atoms with Gasteiger partial charge in [-0.25, -0.2) is 0 Å². The fraction of sp³-hybridized carbons (Fsp3) is 0. The normalized spacial score (nSPS) is 12.2. The highest BCUT2D eigenvalue weighted by Crippen LogP contribution is 2.39. The summed E-state index contributed by atoms with van der Waals surface area (Å²) in [7, 11) is 0. The lowest BCUT2D eigenvalue weighted by atomic mass is 9.98. The quantitative estimate of drug-likeness (QED) is 0.383. The highest BCUT2D eigenvalue weighted by molar-refractivity contribution is 6.30. The summed E-state index contributed by atoms with van der Waals surface area (Å²) in [6, 6.07) is 6.15. The summed E-state index contributed by atoms with van der Waals surface area (Å²) in [6.45, 7) is 0. The fourth-order valence-corrected chi connectivity index (χ4v) is 2.94. The van der Waals surface area contributed by atoms with Crippen LogP contribution in [0.25, 0.3) is 43.3 Å². The van der Waals surface area contributed by atoms with E-state index in [1.54, 1.807) is 31.3 Å². The number of fused-ring (bicyclic) bond motifs is 8. The van der Waals surface area contributed by atoms with Gasteiger partial charge in [-0.1, -0.05) is 12.1 Å². The first kappa shape index (κ1) is 9.28. The molecular formula is C16H8O3. The van der Waals surface area contributed by atoms with Gasteiger partial charge in [0.15, 0.2) is 0 Å². The summed E-state index contributed by atoms with van der Waals surface area (Å²) in [4.78, 5) is 0. The lowest BCUT2D eigenvalue weighted by Gasteiger charge is -2.02. The number of benzene rings is 2. The van der Waals surface area contributed by atoms with Gasteiger partial charge in [0, 0.05) is 32.3 Å². The van der Waals surface area contributed by atoms with Crippen molar-refractivity contribution in [2.45, 2.75) is 0 Å². The Labute approximate surface area is 107 Å². The molecule has 0 atom stereocenters. The molecule has 3 heteroatoms. The molecule has 0 saturated carbocycles. The van der Waals surface area contributed by atoms with Crippen molar-refractivity contribution in [3.63, 3.8) is 0 Å². The van der Waals surface area contributed by atoms with Crippen LogP contribution in [0, 0.1) is 0 Å². The van der Waals surface area contributed by atoms with E-state index in [1.807, 2.05) is 6.07 Å². The smallest absolute Gasteiger partial charge is 0.142 e. The Balaban J connectivity index is 2.30. The molecule has 0 saturated heterocycles. The van der Waals surface area contributed by atoms with Crippen molar-refractivity contribution < 1.29 is 13.3 Å². The summed E-state index contributed by atoms with van der Waals surface area (Å²) < 4.78 is 16.4. The van der Waals surface area contributed by atoms with E-state index in [9.17, 15) is 0 Å². The van der Waals surface area contributed by atoms with Crippen LogP contribution in [-0.4, -0.2) is 0 Å².